The molecule has 0 aliphatic rings. The molecule has 0 saturated carbocycles. The number of carbonyl (C=O) groups is 1. The Bertz CT molecular complexity index is 643. The number of thioether (sulfide) groups is 1. The minimum absolute atomic E-state index is 0.0727. The smallest absolute Gasteiger partial charge is 0.253 e. The molecular formula is C16H17BrN2OS. The third-order valence-electron chi connectivity index (χ3n) is 3.22. The van der Waals surface area contributed by atoms with Crippen molar-refractivity contribution < 1.29 is 4.79 Å². The van der Waals surface area contributed by atoms with Gasteiger partial charge in [0.1, 0.15) is 0 Å². The number of rotatable bonds is 4. The highest BCUT2D eigenvalue weighted by atomic mass is 79.9. The molecule has 0 fully saturated rings. The number of carbonyl (C=O) groups excluding carboxylic acids is 1. The lowest BCUT2D eigenvalue weighted by Gasteiger charge is -2.15. The lowest BCUT2D eigenvalue weighted by atomic mass is 10.1. The van der Waals surface area contributed by atoms with Gasteiger partial charge in [0, 0.05) is 15.1 Å². The van der Waals surface area contributed by atoms with Crippen LogP contribution in [-0.2, 0) is 0 Å². The molecular weight excluding hydrogens is 348 g/mol. The summed E-state index contributed by atoms with van der Waals surface area (Å²) in [7, 11) is 0. The van der Waals surface area contributed by atoms with Gasteiger partial charge < -0.3 is 11.1 Å². The van der Waals surface area contributed by atoms with Crippen molar-refractivity contribution >= 4 is 39.3 Å². The number of nitrogen functional groups attached to an aromatic ring is 1. The molecule has 2 aromatic carbocycles. The predicted octanol–water partition coefficient (Wildman–Crippen LogP) is 4.24. The molecule has 0 aliphatic heterocycles. The number of amides is 1. The average Bonchev–Trinajstić information content (AvgIpc) is 2.47. The van der Waals surface area contributed by atoms with Gasteiger partial charge in [-0.1, -0.05) is 28.1 Å². The van der Waals surface area contributed by atoms with E-state index in [9.17, 15) is 4.79 Å². The van der Waals surface area contributed by atoms with E-state index in [0.717, 1.165) is 10.0 Å². The molecule has 2 rings (SSSR count). The van der Waals surface area contributed by atoms with E-state index in [4.69, 9.17) is 5.73 Å². The molecule has 21 heavy (non-hydrogen) atoms. The molecule has 0 saturated heterocycles. The van der Waals surface area contributed by atoms with Gasteiger partial charge in [-0.3, -0.25) is 4.79 Å². The zero-order valence-electron chi connectivity index (χ0n) is 11.9. The second-order valence-corrected chi connectivity index (χ2v) is 6.50. The Morgan fingerprint density at radius 2 is 1.90 bits per heavy atom. The minimum atomic E-state index is -0.165. The summed E-state index contributed by atoms with van der Waals surface area (Å²) in [5.74, 6) is -0.165. The summed E-state index contributed by atoms with van der Waals surface area (Å²) >= 11 is 5.03. The lowest BCUT2D eigenvalue weighted by molar-refractivity contribution is 0.0941. The Morgan fingerprint density at radius 1 is 1.24 bits per heavy atom. The molecule has 1 unspecified atom stereocenters. The van der Waals surface area contributed by atoms with E-state index in [-0.39, 0.29) is 11.9 Å². The van der Waals surface area contributed by atoms with Crippen molar-refractivity contribution in [3.8, 4) is 0 Å². The molecule has 1 atom stereocenters. The van der Waals surface area contributed by atoms with E-state index in [1.54, 1.807) is 23.9 Å². The lowest BCUT2D eigenvalue weighted by Crippen LogP contribution is -2.27. The summed E-state index contributed by atoms with van der Waals surface area (Å²) in [4.78, 5) is 13.5. The van der Waals surface area contributed by atoms with Gasteiger partial charge in [0.2, 0.25) is 0 Å². The van der Waals surface area contributed by atoms with Crippen LogP contribution in [-0.4, -0.2) is 12.2 Å². The van der Waals surface area contributed by atoms with Crippen molar-refractivity contribution in [1.82, 2.24) is 5.32 Å². The second kappa shape index (κ2) is 7.00. The van der Waals surface area contributed by atoms with Crippen LogP contribution >= 0.6 is 27.7 Å². The summed E-state index contributed by atoms with van der Waals surface area (Å²) in [6, 6.07) is 13.3. The van der Waals surface area contributed by atoms with Crippen LogP contribution in [0.2, 0.25) is 0 Å². The monoisotopic (exact) mass is 364 g/mol. The SMILES string of the molecule is CSc1ccc(C(C)NC(=O)c2ccc(Br)cc2N)cc1. The van der Waals surface area contributed by atoms with Crippen LogP contribution in [0.25, 0.3) is 0 Å². The molecule has 110 valence electrons. The number of hydrogen-bond acceptors (Lipinski definition) is 3. The maximum Gasteiger partial charge on any atom is 0.253 e. The van der Waals surface area contributed by atoms with Crippen LogP contribution < -0.4 is 11.1 Å². The van der Waals surface area contributed by atoms with E-state index >= 15 is 0 Å². The second-order valence-electron chi connectivity index (χ2n) is 4.70. The third kappa shape index (κ3) is 4.02. The maximum atomic E-state index is 12.3. The molecule has 5 heteroatoms. The van der Waals surface area contributed by atoms with Gasteiger partial charge in [0.15, 0.2) is 0 Å². The van der Waals surface area contributed by atoms with E-state index in [1.807, 2.05) is 31.4 Å². The van der Waals surface area contributed by atoms with E-state index in [0.29, 0.717) is 11.3 Å². The summed E-state index contributed by atoms with van der Waals surface area (Å²) < 4.78 is 0.859. The molecule has 0 aromatic heterocycles. The number of halogens is 1. The van der Waals surface area contributed by atoms with Crippen LogP contribution in [0, 0.1) is 0 Å². The van der Waals surface area contributed by atoms with Gasteiger partial charge in [-0.05, 0) is 49.1 Å². The number of anilines is 1. The quantitative estimate of drug-likeness (QED) is 0.629. The molecule has 1 amide bonds. The summed E-state index contributed by atoms with van der Waals surface area (Å²) in [5.41, 5.74) is 7.90. The molecule has 3 nitrogen and oxygen atoms in total. The molecule has 0 bridgehead atoms. The van der Waals surface area contributed by atoms with Crippen LogP contribution in [0.5, 0.6) is 0 Å². The average molecular weight is 365 g/mol. The fraction of sp³-hybridized carbons (Fsp3) is 0.188. The summed E-state index contributed by atoms with van der Waals surface area (Å²) in [6.07, 6.45) is 2.04. The van der Waals surface area contributed by atoms with Crippen LogP contribution in [0.4, 0.5) is 5.69 Å². The first kappa shape index (κ1) is 15.9. The topological polar surface area (TPSA) is 55.1 Å². The Labute approximate surface area is 137 Å². The minimum Gasteiger partial charge on any atom is -0.398 e. The first-order valence-electron chi connectivity index (χ1n) is 6.51. The molecule has 2 aromatic rings. The van der Waals surface area contributed by atoms with Gasteiger partial charge in [-0.15, -0.1) is 11.8 Å². The van der Waals surface area contributed by atoms with Gasteiger partial charge >= 0.3 is 0 Å². The van der Waals surface area contributed by atoms with Gasteiger partial charge in [-0.25, -0.2) is 0 Å². The van der Waals surface area contributed by atoms with Crippen molar-refractivity contribution in [3.05, 3.63) is 58.1 Å². The number of nitrogens with two attached hydrogens (primary N) is 1. The third-order valence-corrected chi connectivity index (χ3v) is 4.46. The van der Waals surface area contributed by atoms with Gasteiger partial charge in [0.05, 0.1) is 11.6 Å². The number of nitrogens with one attached hydrogen (secondary N) is 1. The molecule has 0 aliphatic carbocycles. The van der Waals surface area contributed by atoms with Crippen molar-refractivity contribution in [2.75, 3.05) is 12.0 Å². The first-order valence-corrected chi connectivity index (χ1v) is 8.53. The van der Waals surface area contributed by atoms with Crippen molar-refractivity contribution in [2.45, 2.75) is 17.9 Å². The standard InChI is InChI=1S/C16H17BrN2OS/c1-10(11-3-6-13(21-2)7-4-11)19-16(20)14-8-5-12(17)9-15(14)18/h3-10H,18H2,1-2H3,(H,19,20). The van der Waals surface area contributed by atoms with Crippen LogP contribution in [0.3, 0.4) is 0 Å². The summed E-state index contributed by atoms with van der Waals surface area (Å²) in [5, 5.41) is 2.97. The fourth-order valence-electron chi connectivity index (χ4n) is 1.99. The van der Waals surface area contributed by atoms with E-state index in [2.05, 4.69) is 33.4 Å². The largest absolute Gasteiger partial charge is 0.398 e. The van der Waals surface area contributed by atoms with E-state index < -0.39 is 0 Å². The van der Waals surface area contributed by atoms with Crippen LogP contribution in [0.15, 0.2) is 51.8 Å². The molecule has 0 heterocycles. The predicted molar refractivity (Wildman–Crippen MR) is 92.7 cm³/mol. The molecule has 0 spiro atoms. The van der Waals surface area contributed by atoms with Gasteiger partial charge in [0.25, 0.3) is 5.91 Å². The highest BCUT2D eigenvalue weighted by Gasteiger charge is 2.14. The van der Waals surface area contributed by atoms with Crippen molar-refractivity contribution in [2.24, 2.45) is 0 Å². The Hall–Kier alpha value is -1.46. The Kier molecular flexibility index (Phi) is 5.31. The Morgan fingerprint density at radius 3 is 2.48 bits per heavy atom. The highest BCUT2D eigenvalue weighted by Crippen LogP contribution is 2.21. The van der Waals surface area contributed by atoms with Crippen molar-refractivity contribution in [1.29, 1.82) is 0 Å². The van der Waals surface area contributed by atoms with Crippen molar-refractivity contribution in [3.63, 3.8) is 0 Å². The van der Waals surface area contributed by atoms with Gasteiger partial charge in [-0.2, -0.15) is 0 Å². The molecule has 0 radical (unpaired) electrons. The zero-order valence-corrected chi connectivity index (χ0v) is 14.3. The zero-order chi connectivity index (χ0) is 15.4. The number of hydrogen-bond donors (Lipinski definition) is 2. The number of benzene rings is 2. The normalized spacial score (nSPS) is 12.0. The van der Waals surface area contributed by atoms with E-state index in [1.165, 1.54) is 4.90 Å². The summed E-state index contributed by atoms with van der Waals surface area (Å²) in [6.45, 7) is 1.96. The first-order chi connectivity index (χ1) is 10.0. The Balaban J connectivity index is 2.10. The fourth-order valence-corrected chi connectivity index (χ4v) is 2.78. The maximum absolute atomic E-state index is 12.3. The van der Waals surface area contributed by atoms with Crippen LogP contribution in [0.1, 0.15) is 28.9 Å². The molecule has 3 N–H and O–H groups in total. The highest BCUT2D eigenvalue weighted by molar-refractivity contribution is 9.10.